The first kappa shape index (κ1) is 31.2. The fourth-order valence-electron chi connectivity index (χ4n) is 5.55. The summed E-state index contributed by atoms with van der Waals surface area (Å²) in [4.78, 5) is 3.62. The lowest BCUT2D eigenvalue weighted by molar-refractivity contribution is -0.727. The van der Waals surface area contributed by atoms with Gasteiger partial charge < -0.3 is 0 Å². The second kappa shape index (κ2) is 22.7. The molecule has 0 saturated carbocycles. The molecule has 0 aliphatic heterocycles. The van der Waals surface area contributed by atoms with Crippen molar-refractivity contribution < 1.29 is 4.57 Å². The fraction of sp³-hybridized carbons (Fsp3) is 0.906. The van der Waals surface area contributed by atoms with Crippen molar-refractivity contribution in [1.29, 1.82) is 0 Å². The topological polar surface area (TPSA) is 19.7 Å². The first-order valence-electron chi connectivity index (χ1n) is 15.8. The third kappa shape index (κ3) is 15.3. The molecule has 2 heteroatoms. The maximum Gasteiger partial charge on any atom is 0.257 e. The van der Waals surface area contributed by atoms with E-state index in [2.05, 4.69) is 49.6 Å². The average Bonchev–Trinajstić information content (AvgIpc) is 3.33. The molecular weight excluding hydrogens is 412 g/mol. The summed E-state index contributed by atoms with van der Waals surface area (Å²) in [6.45, 7) is 9.41. The molecular formula is C32H63N2+. The number of hydrogen-bond acceptors (Lipinski definition) is 0. The molecule has 0 aliphatic carbocycles. The molecule has 1 aromatic heterocycles. The van der Waals surface area contributed by atoms with Crippen LogP contribution in [-0.4, -0.2) is 4.98 Å². The van der Waals surface area contributed by atoms with Gasteiger partial charge in [0.2, 0.25) is 0 Å². The number of nitrogens with one attached hydrogen (secondary N) is 1. The first-order valence-corrected chi connectivity index (χ1v) is 15.8. The molecule has 0 spiro atoms. The molecule has 0 aromatic carbocycles. The lowest BCUT2D eigenvalue weighted by Gasteiger charge is -2.16. The van der Waals surface area contributed by atoms with Crippen LogP contribution >= 0.6 is 0 Å². The zero-order chi connectivity index (χ0) is 24.7. The smallest absolute Gasteiger partial charge is 0.247 e. The summed E-state index contributed by atoms with van der Waals surface area (Å²) in [7, 11) is 0. The van der Waals surface area contributed by atoms with Crippen LogP contribution in [0.15, 0.2) is 12.4 Å². The second-order valence-electron chi connectivity index (χ2n) is 11.1. The number of H-pyrrole nitrogens is 1. The van der Waals surface area contributed by atoms with Crippen molar-refractivity contribution in [3.05, 3.63) is 18.2 Å². The van der Waals surface area contributed by atoms with Gasteiger partial charge in [-0.25, -0.2) is 9.55 Å². The molecule has 2 unspecified atom stereocenters. The highest BCUT2D eigenvalue weighted by Crippen LogP contribution is 2.24. The van der Waals surface area contributed by atoms with Crippen LogP contribution in [0.5, 0.6) is 0 Å². The van der Waals surface area contributed by atoms with Crippen LogP contribution in [0.1, 0.15) is 193 Å². The number of unbranched alkanes of at least 4 members (excludes halogenated alkanes) is 18. The van der Waals surface area contributed by atoms with Gasteiger partial charge in [-0.15, -0.1) is 0 Å². The van der Waals surface area contributed by atoms with E-state index in [-0.39, 0.29) is 0 Å². The van der Waals surface area contributed by atoms with E-state index in [0.717, 1.165) is 0 Å². The van der Waals surface area contributed by atoms with Gasteiger partial charge >= 0.3 is 0 Å². The number of rotatable bonds is 25. The van der Waals surface area contributed by atoms with E-state index in [1.165, 1.54) is 154 Å². The Morgan fingerprint density at radius 1 is 0.588 bits per heavy atom. The summed E-state index contributed by atoms with van der Waals surface area (Å²) in [5.41, 5.74) is 0. The van der Waals surface area contributed by atoms with Crippen LogP contribution < -0.4 is 4.57 Å². The van der Waals surface area contributed by atoms with E-state index in [9.17, 15) is 0 Å². The first-order chi connectivity index (χ1) is 16.7. The Morgan fingerprint density at radius 2 is 1.00 bits per heavy atom. The minimum atomic E-state index is 0.622. The van der Waals surface area contributed by atoms with Crippen molar-refractivity contribution in [2.45, 2.75) is 187 Å². The van der Waals surface area contributed by atoms with Gasteiger partial charge in [-0.3, -0.25) is 0 Å². The van der Waals surface area contributed by atoms with Gasteiger partial charge in [0.15, 0.2) is 0 Å². The van der Waals surface area contributed by atoms with Gasteiger partial charge in [0.25, 0.3) is 5.82 Å². The van der Waals surface area contributed by atoms with Crippen molar-refractivity contribution in [1.82, 2.24) is 4.98 Å². The number of nitrogens with zero attached hydrogens (tertiary/aromatic N) is 1. The largest absolute Gasteiger partial charge is 0.257 e. The molecule has 2 atom stereocenters. The van der Waals surface area contributed by atoms with Gasteiger partial charge in [-0.05, 0) is 32.6 Å². The monoisotopic (exact) mass is 475 g/mol. The summed E-state index contributed by atoms with van der Waals surface area (Å²) < 4.78 is 2.57. The van der Waals surface area contributed by atoms with Crippen molar-refractivity contribution in [2.75, 3.05) is 0 Å². The molecule has 2 nitrogen and oxygen atoms in total. The van der Waals surface area contributed by atoms with Crippen LogP contribution in [0.2, 0.25) is 0 Å². The lowest BCUT2D eigenvalue weighted by atomic mass is 9.96. The van der Waals surface area contributed by atoms with Crippen molar-refractivity contribution in [3.63, 3.8) is 0 Å². The summed E-state index contributed by atoms with van der Waals surface area (Å²) in [5.74, 6) is 2.18. The lowest BCUT2D eigenvalue weighted by Crippen LogP contribution is -2.41. The van der Waals surface area contributed by atoms with Crippen molar-refractivity contribution in [2.24, 2.45) is 0 Å². The summed E-state index contributed by atoms with van der Waals surface area (Å²) in [5, 5.41) is 0. The normalized spacial score (nSPS) is 13.4. The fourth-order valence-corrected chi connectivity index (χ4v) is 5.55. The van der Waals surface area contributed by atoms with E-state index < -0.39 is 0 Å². The Balaban J connectivity index is 2.15. The van der Waals surface area contributed by atoms with Gasteiger partial charge in [-0.2, -0.15) is 0 Å². The molecule has 0 fully saturated rings. The molecule has 1 N–H and O–H groups in total. The zero-order valence-corrected chi connectivity index (χ0v) is 24.0. The van der Waals surface area contributed by atoms with Gasteiger partial charge in [0.1, 0.15) is 12.4 Å². The van der Waals surface area contributed by atoms with Crippen LogP contribution in [0.3, 0.4) is 0 Å². The third-order valence-corrected chi connectivity index (χ3v) is 7.98. The average molecular weight is 476 g/mol. The third-order valence-electron chi connectivity index (χ3n) is 7.98. The highest BCUT2D eigenvalue weighted by molar-refractivity contribution is 4.89. The molecule has 0 bridgehead atoms. The summed E-state index contributed by atoms with van der Waals surface area (Å²) in [6.07, 6.45) is 36.9. The van der Waals surface area contributed by atoms with E-state index in [1.54, 1.807) is 0 Å². The Labute approximate surface area is 215 Å². The molecule has 1 heterocycles. The van der Waals surface area contributed by atoms with Crippen LogP contribution in [-0.2, 0) is 0 Å². The van der Waals surface area contributed by atoms with Crippen molar-refractivity contribution >= 4 is 0 Å². The number of hydrogen-bond donors (Lipinski definition) is 1. The maximum atomic E-state index is 3.62. The SMILES string of the molecule is CCCCCCCCCCCCCCC(C)[n+]1cc[nH]c1C(CC)CCCCCCCCCC. The molecule has 0 saturated heterocycles. The Bertz CT molecular complexity index is 535. The van der Waals surface area contributed by atoms with Crippen LogP contribution in [0, 0.1) is 0 Å². The van der Waals surface area contributed by atoms with Gasteiger partial charge in [0.05, 0.1) is 12.0 Å². The molecule has 0 aliphatic rings. The molecule has 1 rings (SSSR count). The van der Waals surface area contributed by atoms with E-state index >= 15 is 0 Å². The quantitative estimate of drug-likeness (QED) is 0.107. The molecule has 1 aromatic rings. The van der Waals surface area contributed by atoms with Crippen LogP contribution in [0.4, 0.5) is 0 Å². The predicted molar refractivity (Wildman–Crippen MR) is 152 cm³/mol. The van der Waals surface area contributed by atoms with Gasteiger partial charge in [-0.1, -0.05) is 143 Å². The maximum absolute atomic E-state index is 3.62. The minimum Gasteiger partial charge on any atom is -0.247 e. The molecule has 200 valence electrons. The molecule has 34 heavy (non-hydrogen) atoms. The predicted octanol–water partition coefficient (Wildman–Crippen LogP) is 11.0. The number of aromatic amines is 1. The van der Waals surface area contributed by atoms with Crippen molar-refractivity contribution in [3.8, 4) is 0 Å². The van der Waals surface area contributed by atoms with E-state index in [1.807, 2.05) is 0 Å². The van der Waals surface area contributed by atoms with E-state index in [0.29, 0.717) is 12.0 Å². The highest BCUT2D eigenvalue weighted by Gasteiger charge is 2.24. The Morgan fingerprint density at radius 3 is 1.44 bits per heavy atom. The van der Waals surface area contributed by atoms with Crippen LogP contribution in [0.25, 0.3) is 0 Å². The molecule has 0 amide bonds. The second-order valence-corrected chi connectivity index (χ2v) is 11.1. The van der Waals surface area contributed by atoms with Gasteiger partial charge in [0, 0.05) is 0 Å². The Hall–Kier alpha value is -0.790. The summed E-state index contributed by atoms with van der Waals surface area (Å²) in [6, 6.07) is 0.622. The minimum absolute atomic E-state index is 0.622. The Kier molecular flexibility index (Phi) is 20.8. The molecule has 0 radical (unpaired) electrons. The number of aromatic nitrogens is 2. The van der Waals surface area contributed by atoms with E-state index in [4.69, 9.17) is 0 Å². The summed E-state index contributed by atoms with van der Waals surface area (Å²) >= 11 is 0. The highest BCUT2D eigenvalue weighted by atomic mass is 15.1. The number of imidazole rings is 1. The zero-order valence-electron chi connectivity index (χ0n) is 24.0. The standard InChI is InChI=1S/C32H62N2/c1-5-8-10-12-14-16-17-18-19-20-22-24-26-30(4)34-29-28-33-32(34)31(7-3)27-25-23-21-15-13-11-9-6-2/h28-31H,5-27H2,1-4H3/p+1.